The predicted octanol–water partition coefficient (Wildman–Crippen LogP) is 1.75. The molecule has 0 aromatic carbocycles. The molecule has 1 aliphatic heterocycles. The van der Waals surface area contributed by atoms with Crippen LogP contribution < -0.4 is 8.19 Å². The molecule has 0 spiro atoms. The number of nitrogens with zero attached hydrogens (tertiary/aromatic N) is 5. The van der Waals surface area contributed by atoms with Crippen molar-refractivity contribution >= 4 is 32.9 Å². The van der Waals surface area contributed by atoms with E-state index in [1.165, 1.54) is 10.4 Å². The van der Waals surface area contributed by atoms with Gasteiger partial charge in [-0.25, -0.2) is 3.07 Å². The zero-order valence-electron chi connectivity index (χ0n) is 13.0. The fourth-order valence-electron chi connectivity index (χ4n) is 2.60. The molecule has 23 heavy (non-hydrogen) atoms. The van der Waals surface area contributed by atoms with Gasteiger partial charge in [-0.05, 0) is 19.8 Å². The third-order valence-corrected chi connectivity index (χ3v) is 4.95. The maximum Gasteiger partial charge on any atom is 0.300 e. The van der Waals surface area contributed by atoms with Gasteiger partial charge in [-0.2, -0.15) is 8.38 Å². The van der Waals surface area contributed by atoms with Gasteiger partial charge in [0.2, 0.25) is 4.91 Å². The van der Waals surface area contributed by atoms with Crippen molar-refractivity contribution in [1.29, 1.82) is 5.53 Å². The number of aromatic nitrogens is 2. The van der Waals surface area contributed by atoms with Crippen LogP contribution in [0.3, 0.4) is 0 Å². The highest BCUT2D eigenvalue weighted by Gasteiger charge is 2.37. The van der Waals surface area contributed by atoms with E-state index in [0.717, 1.165) is 0 Å². The number of hydrogen-bond donors (Lipinski definition) is 1. The maximum atomic E-state index is 12.2. The van der Waals surface area contributed by atoms with E-state index in [0.29, 0.717) is 24.2 Å². The highest BCUT2D eigenvalue weighted by molar-refractivity contribution is 14.1. The highest BCUT2D eigenvalue weighted by Crippen LogP contribution is 2.37. The number of rotatable bonds is 5. The number of carbonyl (C=O) groups excluding carboxylic acids is 1. The van der Waals surface area contributed by atoms with Gasteiger partial charge in [-0.1, -0.05) is 0 Å². The quantitative estimate of drug-likeness (QED) is 0.246. The Labute approximate surface area is 143 Å². The summed E-state index contributed by atoms with van der Waals surface area (Å²) < 4.78 is 20.1. The third-order valence-electron chi connectivity index (χ3n) is 3.68. The second-order valence-corrected chi connectivity index (χ2v) is 6.28. The minimum absolute atomic E-state index is 0.202. The lowest BCUT2D eigenvalue weighted by atomic mass is 10.0. The van der Waals surface area contributed by atoms with E-state index < -0.39 is 39.7 Å². The monoisotopic (exact) mass is 437 g/mol. The standard InChI is InChI=1S/C12H18IN6O4/c1-7-12(20)8(16-17-14)4-5-10(23-7)11-9(6-15-18(11)2)19(13-21)22-3/h6-8,10,14H,4-5H2,1-3H3/q+1/t7-,8+,10-/m0/s1. The summed E-state index contributed by atoms with van der Waals surface area (Å²) in [6, 6.07) is -0.672. The van der Waals surface area contributed by atoms with Crippen molar-refractivity contribution in [2.45, 2.75) is 38.0 Å². The number of halogens is 1. The van der Waals surface area contributed by atoms with E-state index in [1.807, 2.05) is 0 Å². The molecular weight excluding hydrogens is 419 g/mol. The zero-order valence-corrected chi connectivity index (χ0v) is 15.1. The van der Waals surface area contributed by atoms with E-state index in [4.69, 9.17) is 15.1 Å². The summed E-state index contributed by atoms with van der Waals surface area (Å²) in [5.41, 5.74) is 8.07. The Morgan fingerprint density at radius 2 is 2.35 bits per heavy atom. The lowest BCUT2D eigenvalue weighted by Gasteiger charge is -2.21. The van der Waals surface area contributed by atoms with E-state index in [9.17, 15) is 7.86 Å². The van der Waals surface area contributed by atoms with Crippen LogP contribution in [-0.4, -0.2) is 34.8 Å². The van der Waals surface area contributed by atoms with Crippen molar-refractivity contribution in [3.63, 3.8) is 0 Å². The first-order valence-corrected chi connectivity index (χ1v) is 8.77. The van der Waals surface area contributed by atoms with Crippen LogP contribution >= 0.6 is 21.5 Å². The smallest absolute Gasteiger partial charge is 0.300 e. The normalized spacial score (nSPS) is 24.8. The van der Waals surface area contributed by atoms with E-state index in [2.05, 4.69) is 15.1 Å². The van der Waals surface area contributed by atoms with Gasteiger partial charge in [0, 0.05) is 7.05 Å². The van der Waals surface area contributed by atoms with Gasteiger partial charge >= 0.3 is 21.5 Å². The van der Waals surface area contributed by atoms with E-state index >= 15 is 0 Å². The molecule has 3 atom stereocenters. The topological polar surface area (TPSA) is 124 Å². The minimum atomic E-state index is -1.58. The van der Waals surface area contributed by atoms with E-state index in [-0.39, 0.29) is 5.78 Å². The van der Waals surface area contributed by atoms with E-state index in [1.54, 1.807) is 24.9 Å². The molecule has 2 rings (SSSR count). The Bertz CT molecular complexity index is 643. The van der Waals surface area contributed by atoms with Crippen molar-refractivity contribution in [1.82, 2.24) is 14.7 Å². The molecule has 1 saturated heterocycles. The van der Waals surface area contributed by atoms with Crippen LogP contribution in [0.25, 0.3) is 0 Å². The van der Waals surface area contributed by atoms with Crippen LogP contribution in [0, 0.1) is 5.53 Å². The van der Waals surface area contributed by atoms with Crippen molar-refractivity contribution in [2.24, 2.45) is 12.2 Å². The molecule has 1 fully saturated rings. The van der Waals surface area contributed by atoms with Gasteiger partial charge in [-0.15, -0.1) is 0 Å². The molecular formula is C12H18IN6O4+. The Kier molecular flexibility index (Phi) is 6.04. The average molecular weight is 437 g/mol. The van der Waals surface area contributed by atoms with Crippen molar-refractivity contribution in [3.05, 3.63) is 11.9 Å². The molecule has 1 aromatic rings. The fourth-order valence-corrected chi connectivity index (χ4v) is 3.34. The molecule has 0 saturated carbocycles. The summed E-state index contributed by atoms with van der Waals surface area (Å²) in [5.74, 6) is -0.202. The SMILES string of the molecule is CON(I=O)c1cnn(C)c1[C@@H]1CC[C@@H](N=[N+]=N)C(=O)[C@H](C)O1. The third kappa shape index (κ3) is 3.68. The highest BCUT2D eigenvalue weighted by atomic mass is 127. The number of hydrogen-bond acceptors (Lipinski definition) is 7. The van der Waals surface area contributed by atoms with Gasteiger partial charge in [-0.3, -0.25) is 14.3 Å². The lowest BCUT2D eigenvalue weighted by Crippen LogP contribution is -2.29. The average Bonchev–Trinajstić information content (AvgIpc) is 2.85. The van der Waals surface area contributed by atoms with Crippen LogP contribution in [-0.2, 0) is 24.5 Å². The molecule has 0 unspecified atom stereocenters. The van der Waals surface area contributed by atoms with Crippen LogP contribution in [0.1, 0.15) is 31.6 Å². The first kappa shape index (κ1) is 17.8. The maximum absolute atomic E-state index is 12.2. The summed E-state index contributed by atoms with van der Waals surface area (Å²) in [7, 11) is 3.18. The first-order valence-electron chi connectivity index (χ1n) is 6.92. The number of Topliss-reactive ketones (excluding diaryl/α,β-unsaturated/α-hetero) is 1. The van der Waals surface area contributed by atoms with Gasteiger partial charge in [0.1, 0.15) is 28.5 Å². The van der Waals surface area contributed by atoms with Gasteiger partial charge < -0.3 is 4.74 Å². The number of ether oxygens (including phenoxy) is 1. The van der Waals surface area contributed by atoms with Gasteiger partial charge in [0.05, 0.1) is 19.0 Å². The zero-order chi connectivity index (χ0) is 17.0. The van der Waals surface area contributed by atoms with Crippen LogP contribution in [0.2, 0.25) is 0 Å². The second-order valence-electron chi connectivity index (χ2n) is 5.01. The Balaban J connectivity index is 2.35. The fraction of sp³-hybridized carbons (Fsp3) is 0.667. The number of ketones is 1. The number of carbonyl (C=O) groups is 1. The van der Waals surface area contributed by atoms with Gasteiger partial charge in [0.15, 0.2) is 11.8 Å². The summed E-state index contributed by atoms with van der Waals surface area (Å²) in [6.45, 7) is 1.65. The minimum Gasteiger partial charge on any atom is -0.361 e. The lowest BCUT2D eigenvalue weighted by molar-refractivity contribution is -0.132. The van der Waals surface area contributed by atoms with Gasteiger partial charge in [0.25, 0.3) is 0 Å². The van der Waals surface area contributed by atoms with Crippen molar-refractivity contribution in [3.8, 4) is 0 Å². The Morgan fingerprint density at radius 3 is 2.96 bits per heavy atom. The first-order chi connectivity index (χ1) is 11.0. The van der Waals surface area contributed by atoms with Crippen molar-refractivity contribution < 1.29 is 17.4 Å². The molecule has 0 bridgehead atoms. The number of nitrogens with one attached hydrogen (secondary N) is 1. The van der Waals surface area contributed by atoms with Crippen LogP contribution in [0.5, 0.6) is 0 Å². The Hall–Kier alpha value is -1.56. The molecule has 11 heteroatoms. The van der Waals surface area contributed by atoms with Crippen LogP contribution in [0.4, 0.5) is 5.69 Å². The molecule has 2 heterocycles. The molecule has 1 aromatic heterocycles. The van der Waals surface area contributed by atoms with Crippen LogP contribution in [0.15, 0.2) is 11.3 Å². The molecule has 0 aliphatic carbocycles. The number of aryl methyl sites for hydroxylation is 1. The molecule has 0 amide bonds. The molecule has 10 nitrogen and oxygen atoms in total. The summed E-state index contributed by atoms with van der Waals surface area (Å²) in [5, 5.41) is 7.84. The summed E-state index contributed by atoms with van der Waals surface area (Å²) in [4.78, 5) is 20.3. The molecule has 126 valence electrons. The summed E-state index contributed by atoms with van der Waals surface area (Å²) >= 11 is -1.58. The molecule has 0 radical (unpaired) electrons. The summed E-state index contributed by atoms with van der Waals surface area (Å²) in [6.07, 6.45) is 1.37. The predicted molar refractivity (Wildman–Crippen MR) is 86.0 cm³/mol. The molecule has 1 N–H and O–H groups in total. The number of anilines is 1. The largest absolute Gasteiger partial charge is 0.361 e. The van der Waals surface area contributed by atoms with Crippen molar-refractivity contribution in [2.75, 3.05) is 10.4 Å². The Morgan fingerprint density at radius 1 is 1.61 bits per heavy atom. The molecule has 1 aliphatic rings. The second kappa shape index (κ2) is 7.81.